The number of hydrogen-bond donors (Lipinski definition) is 2. The Bertz CT molecular complexity index is 493. The summed E-state index contributed by atoms with van der Waals surface area (Å²) in [5.41, 5.74) is 1.97. The van der Waals surface area contributed by atoms with Gasteiger partial charge in [0, 0.05) is 36.2 Å². The van der Waals surface area contributed by atoms with Gasteiger partial charge in [0.2, 0.25) is 0 Å². The maximum atomic E-state index is 11.0. The van der Waals surface area contributed by atoms with E-state index in [4.69, 9.17) is 0 Å². The van der Waals surface area contributed by atoms with Gasteiger partial charge in [0.15, 0.2) is 0 Å². The lowest BCUT2D eigenvalue weighted by atomic mass is 9.95. The third-order valence-electron chi connectivity index (χ3n) is 3.80. The van der Waals surface area contributed by atoms with Gasteiger partial charge in [-0.15, -0.1) is 12.4 Å². The molecule has 0 radical (unpaired) electrons. The number of benzene rings is 1. The van der Waals surface area contributed by atoms with Crippen LogP contribution in [-0.2, 0) is 6.54 Å². The van der Waals surface area contributed by atoms with Crippen molar-refractivity contribution in [3.63, 3.8) is 0 Å². The molecule has 118 valence electrons. The fourth-order valence-electron chi connectivity index (χ4n) is 2.73. The number of nitro groups is 1. The normalized spacial score (nSPS) is 15.3. The van der Waals surface area contributed by atoms with Crippen LogP contribution in [0.1, 0.15) is 37.7 Å². The minimum atomic E-state index is -0.353. The molecule has 0 bridgehead atoms. The lowest BCUT2D eigenvalue weighted by Gasteiger charge is -2.23. The van der Waals surface area contributed by atoms with Crippen LogP contribution < -0.4 is 10.6 Å². The van der Waals surface area contributed by atoms with Gasteiger partial charge in [0.05, 0.1) is 10.6 Å². The van der Waals surface area contributed by atoms with Crippen LogP contribution in [0.5, 0.6) is 0 Å². The summed E-state index contributed by atoms with van der Waals surface area (Å²) in [7, 11) is 1.83. The zero-order valence-electron chi connectivity index (χ0n) is 12.0. The van der Waals surface area contributed by atoms with Gasteiger partial charge in [0.25, 0.3) is 5.69 Å². The SMILES string of the molecule is CNc1c(Br)cc([N+](=O)[O-])cc1CNC1CCCCC1.Cl. The molecule has 2 N–H and O–H groups in total. The highest BCUT2D eigenvalue weighted by Gasteiger charge is 2.17. The van der Waals surface area contributed by atoms with Crippen molar-refractivity contribution in [1.29, 1.82) is 0 Å². The Kier molecular flexibility index (Phi) is 7.42. The second-order valence-electron chi connectivity index (χ2n) is 5.18. The van der Waals surface area contributed by atoms with E-state index in [0.717, 1.165) is 15.7 Å². The molecule has 1 aromatic rings. The van der Waals surface area contributed by atoms with E-state index in [1.165, 1.54) is 38.2 Å². The standard InChI is InChI=1S/C14H20BrN3O2.ClH/c1-16-14-10(7-12(18(19)20)8-13(14)15)9-17-11-5-3-2-4-6-11;/h7-8,11,16-17H,2-6,9H2,1H3;1H. The number of non-ortho nitro benzene ring substituents is 1. The Morgan fingerprint density at radius 2 is 2.00 bits per heavy atom. The highest BCUT2D eigenvalue weighted by molar-refractivity contribution is 9.10. The van der Waals surface area contributed by atoms with Crippen LogP contribution in [0, 0.1) is 10.1 Å². The van der Waals surface area contributed by atoms with E-state index in [0.29, 0.717) is 12.6 Å². The largest absolute Gasteiger partial charge is 0.387 e. The smallest absolute Gasteiger partial charge is 0.271 e. The minimum Gasteiger partial charge on any atom is -0.387 e. The first kappa shape index (κ1) is 18.2. The summed E-state index contributed by atoms with van der Waals surface area (Å²) in [6, 6.07) is 3.72. The molecule has 1 aromatic carbocycles. The van der Waals surface area contributed by atoms with Crippen LogP contribution in [0.15, 0.2) is 16.6 Å². The molecule has 0 aromatic heterocycles. The molecule has 1 saturated carbocycles. The summed E-state index contributed by atoms with van der Waals surface area (Å²) in [6.07, 6.45) is 6.27. The van der Waals surface area contributed by atoms with Crippen LogP contribution in [0.3, 0.4) is 0 Å². The van der Waals surface area contributed by atoms with Crippen LogP contribution in [0.2, 0.25) is 0 Å². The quantitative estimate of drug-likeness (QED) is 0.594. The first-order valence-corrected chi connectivity index (χ1v) is 7.79. The Morgan fingerprint density at radius 1 is 1.33 bits per heavy atom. The van der Waals surface area contributed by atoms with E-state index in [-0.39, 0.29) is 23.0 Å². The molecule has 21 heavy (non-hydrogen) atoms. The summed E-state index contributed by atoms with van der Waals surface area (Å²) in [5.74, 6) is 0. The molecule has 0 unspecified atom stereocenters. The van der Waals surface area contributed by atoms with Crippen molar-refractivity contribution in [3.8, 4) is 0 Å². The number of anilines is 1. The topological polar surface area (TPSA) is 67.2 Å². The molecule has 0 aliphatic heterocycles. The molecule has 0 amide bonds. The highest BCUT2D eigenvalue weighted by atomic mass is 79.9. The van der Waals surface area contributed by atoms with Crippen molar-refractivity contribution in [3.05, 3.63) is 32.3 Å². The number of nitrogens with zero attached hydrogens (tertiary/aromatic N) is 1. The Hall–Kier alpha value is -0.850. The van der Waals surface area contributed by atoms with E-state index >= 15 is 0 Å². The summed E-state index contributed by atoms with van der Waals surface area (Å²) in [5, 5.41) is 17.6. The van der Waals surface area contributed by atoms with Crippen molar-refractivity contribution in [2.75, 3.05) is 12.4 Å². The molecular formula is C14H21BrClN3O2. The van der Waals surface area contributed by atoms with Crippen LogP contribution in [0.4, 0.5) is 11.4 Å². The summed E-state index contributed by atoms with van der Waals surface area (Å²) in [6.45, 7) is 0.654. The zero-order valence-corrected chi connectivity index (χ0v) is 14.4. The second kappa shape index (κ2) is 8.56. The molecule has 2 rings (SSSR count). The van der Waals surface area contributed by atoms with Gasteiger partial charge in [-0.25, -0.2) is 0 Å². The molecule has 0 spiro atoms. The third kappa shape index (κ3) is 4.83. The van der Waals surface area contributed by atoms with Gasteiger partial charge in [-0.2, -0.15) is 0 Å². The Labute approximate surface area is 139 Å². The summed E-state index contributed by atoms with van der Waals surface area (Å²) >= 11 is 3.40. The van der Waals surface area contributed by atoms with Crippen LogP contribution >= 0.6 is 28.3 Å². The van der Waals surface area contributed by atoms with E-state index in [2.05, 4.69) is 26.6 Å². The maximum Gasteiger partial charge on any atom is 0.271 e. The predicted molar refractivity (Wildman–Crippen MR) is 91.3 cm³/mol. The molecule has 0 heterocycles. The first-order chi connectivity index (χ1) is 9.61. The fraction of sp³-hybridized carbons (Fsp3) is 0.571. The molecule has 7 heteroatoms. The molecule has 0 saturated heterocycles. The highest BCUT2D eigenvalue weighted by Crippen LogP contribution is 2.31. The van der Waals surface area contributed by atoms with Gasteiger partial charge in [0.1, 0.15) is 0 Å². The molecule has 1 fully saturated rings. The number of rotatable bonds is 5. The van der Waals surface area contributed by atoms with Crippen LogP contribution in [-0.4, -0.2) is 18.0 Å². The minimum absolute atomic E-state index is 0. The summed E-state index contributed by atoms with van der Waals surface area (Å²) in [4.78, 5) is 10.6. The first-order valence-electron chi connectivity index (χ1n) is 6.99. The van der Waals surface area contributed by atoms with E-state index in [1.54, 1.807) is 6.07 Å². The molecule has 0 atom stereocenters. The van der Waals surface area contributed by atoms with Crippen molar-refractivity contribution < 1.29 is 4.92 Å². The van der Waals surface area contributed by atoms with E-state index in [1.807, 2.05) is 7.05 Å². The van der Waals surface area contributed by atoms with E-state index in [9.17, 15) is 10.1 Å². The van der Waals surface area contributed by atoms with Crippen molar-refractivity contribution >= 4 is 39.7 Å². The van der Waals surface area contributed by atoms with Gasteiger partial charge in [-0.1, -0.05) is 19.3 Å². The van der Waals surface area contributed by atoms with Gasteiger partial charge >= 0.3 is 0 Å². The predicted octanol–water partition coefficient (Wildman–Crippen LogP) is 4.24. The Morgan fingerprint density at radius 3 is 2.57 bits per heavy atom. The maximum absolute atomic E-state index is 11.0. The van der Waals surface area contributed by atoms with Gasteiger partial charge in [-0.3, -0.25) is 10.1 Å². The molecule has 5 nitrogen and oxygen atoms in total. The molecule has 1 aliphatic rings. The number of hydrogen-bond acceptors (Lipinski definition) is 4. The third-order valence-corrected chi connectivity index (χ3v) is 4.43. The van der Waals surface area contributed by atoms with Gasteiger partial charge < -0.3 is 10.6 Å². The van der Waals surface area contributed by atoms with Crippen molar-refractivity contribution in [2.45, 2.75) is 44.7 Å². The number of halogens is 2. The lowest BCUT2D eigenvalue weighted by Crippen LogP contribution is -2.30. The molecule has 1 aliphatic carbocycles. The Balaban J connectivity index is 0.00000220. The van der Waals surface area contributed by atoms with Crippen molar-refractivity contribution in [2.24, 2.45) is 0 Å². The molecular weight excluding hydrogens is 358 g/mol. The lowest BCUT2D eigenvalue weighted by molar-refractivity contribution is -0.385. The van der Waals surface area contributed by atoms with Crippen LogP contribution in [0.25, 0.3) is 0 Å². The number of nitrogens with one attached hydrogen (secondary N) is 2. The average Bonchev–Trinajstić information content (AvgIpc) is 2.45. The van der Waals surface area contributed by atoms with E-state index < -0.39 is 0 Å². The fourth-order valence-corrected chi connectivity index (χ4v) is 3.42. The number of nitro benzene ring substituents is 1. The average molecular weight is 379 g/mol. The monoisotopic (exact) mass is 377 g/mol. The summed E-state index contributed by atoms with van der Waals surface area (Å²) < 4.78 is 0.731. The van der Waals surface area contributed by atoms with Crippen molar-refractivity contribution in [1.82, 2.24) is 5.32 Å². The van der Waals surface area contributed by atoms with Gasteiger partial charge in [-0.05, 0) is 34.3 Å². The zero-order chi connectivity index (χ0) is 14.5. The second-order valence-corrected chi connectivity index (χ2v) is 6.04.